The molecule has 2 unspecified atom stereocenters. The molecule has 100 valence electrons. The quantitative estimate of drug-likeness (QED) is 0.781. The molecule has 1 aliphatic rings. The first kappa shape index (κ1) is 14.5. The molecule has 17 heavy (non-hydrogen) atoms. The van der Waals surface area contributed by atoms with Crippen molar-refractivity contribution in [3.05, 3.63) is 0 Å². The van der Waals surface area contributed by atoms with Crippen LogP contribution in [0.5, 0.6) is 0 Å². The van der Waals surface area contributed by atoms with Crippen LogP contribution in [0.4, 0.5) is 0 Å². The summed E-state index contributed by atoms with van der Waals surface area (Å²) in [5.74, 6) is 0.291. The highest BCUT2D eigenvalue weighted by Crippen LogP contribution is 2.24. The van der Waals surface area contributed by atoms with Gasteiger partial charge in [-0.05, 0) is 32.6 Å². The van der Waals surface area contributed by atoms with Crippen molar-refractivity contribution in [2.75, 3.05) is 13.2 Å². The van der Waals surface area contributed by atoms with Gasteiger partial charge >= 0.3 is 0 Å². The number of rotatable bonds is 4. The van der Waals surface area contributed by atoms with E-state index in [1.54, 1.807) is 0 Å². The molecular weight excluding hydrogens is 216 g/mol. The van der Waals surface area contributed by atoms with E-state index in [1.807, 2.05) is 13.8 Å². The molecule has 1 saturated heterocycles. The summed E-state index contributed by atoms with van der Waals surface area (Å²) >= 11 is 0. The zero-order valence-corrected chi connectivity index (χ0v) is 11.5. The second-order valence-electron chi connectivity index (χ2n) is 5.89. The molecule has 0 spiro atoms. The molecule has 1 amide bonds. The highest BCUT2D eigenvalue weighted by Gasteiger charge is 2.31. The van der Waals surface area contributed by atoms with Crippen LogP contribution in [0.15, 0.2) is 0 Å². The van der Waals surface area contributed by atoms with Gasteiger partial charge in [-0.15, -0.1) is 0 Å². The molecule has 4 heteroatoms. The predicted molar refractivity (Wildman–Crippen MR) is 68.6 cm³/mol. The molecule has 0 bridgehead atoms. The number of amides is 1. The van der Waals surface area contributed by atoms with Gasteiger partial charge in [0, 0.05) is 19.2 Å². The second kappa shape index (κ2) is 5.83. The van der Waals surface area contributed by atoms with Crippen molar-refractivity contribution >= 4 is 5.91 Å². The Bertz CT molecular complexity index is 264. The lowest BCUT2D eigenvalue weighted by Crippen LogP contribution is -2.49. The van der Waals surface area contributed by atoms with Gasteiger partial charge in [0.1, 0.15) is 0 Å². The maximum atomic E-state index is 12.1. The number of nitrogens with two attached hydrogens (primary N) is 1. The molecule has 0 aromatic rings. The Morgan fingerprint density at radius 3 is 2.65 bits per heavy atom. The van der Waals surface area contributed by atoms with Crippen LogP contribution in [0.3, 0.4) is 0 Å². The van der Waals surface area contributed by atoms with Gasteiger partial charge in [0.15, 0.2) is 0 Å². The van der Waals surface area contributed by atoms with E-state index in [9.17, 15) is 4.79 Å². The second-order valence-corrected chi connectivity index (χ2v) is 5.89. The van der Waals surface area contributed by atoms with Gasteiger partial charge in [-0.25, -0.2) is 0 Å². The minimum absolute atomic E-state index is 0.0824. The molecule has 4 nitrogen and oxygen atoms in total. The molecule has 1 aliphatic heterocycles. The molecule has 0 aliphatic carbocycles. The molecule has 1 fully saturated rings. The van der Waals surface area contributed by atoms with E-state index in [4.69, 9.17) is 10.5 Å². The van der Waals surface area contributed by atoms with E-state index >= 15 is 0 Å². The van der Waals surface area contributed by atoms with Gasteiger partial charge < -0.3 is 15.8 Å². The van der Waals surface area contributed by atoms with Crippen LogP contribution in [-0.4, -0.2) is 30.7 Å². The van der Waals surface area contributed by atoms with Gasteiger partial charge in [0.2, 0.25) is 5.91 Å². The molecule has 1 heterocycles. The van der Waals surface area contributed by atoms with E-state index in [2.05, 4.69) is 19.2 Å². The molecule has 0 aromatic carbocycles. The summed E-state index contributed by atoms with van der Waals surface area (Å²) in [6.45, 7) is 9.32. The van der Waals surface area contributed by atoms with Gasteiger partial charge in [-0.2, -0.15) is 0 Å². The van der Waals surface area contributed by atoms with Crippen molar-refractivity contribution in [3.63, 3.8) is 0 Å². The maximum absolute atomic E-state index is 12.1. The molecular formula is C13H26N2O2. The molecule has 2 atom stereocenters. The van der Waals surface area contributed by atoms with Crippen LogP contribution in [0.2, 0.25) is 0 Å². The van der Waals surface area contributed by atoms with E-state index in [1.165, 1.54) is 0 Å². The Morgan fingerprint density at radius 2 is 2.18 bits per heavy atom. The van der Waals surface area contributed by atoms with E-state index < -0.39 is 0 Å². The third-order valence-corrected chi connectivity index (χ3v) is 3.44. The number of ether oxygens (including phenoxy) is 1. The zero-order chi connectivity index (χ0) is 13.1. The number of hydrogen-bond donors (Lipinski definition) is 2. The van der Waals surface area contributed by atoms with Gasteiger partial charge in [-0.1, -0.05) is 13.8 Å². The predicted octanol–water partition coefficient (Wildman–Crippen LogP) is 1.29. The molecule has 3 N–H and O–H groups in total. The van der Waals surface area contributed by atoms with Crippen molar-refractivity contribution < 1.29 is 9.53 Å². The van der Waals surface area contributed by atoms with Crippen molar-refractivity contribution in [2.45, 2.75) is 52.2 Å². The Labute approximate surface area is 104 Å². The van der Waals surface area contributed by atoms with E-state index in [-0.39, 0.29) is 29.4 Å². The third-order valence-electron chi connectivity index (χ3n) is 3.44. The summed E-state index contributed by atoms with van der Waals surface area (Å²) < 4.78 is 5.64. The van der Waals surface area contributed by atoms with Gasteiger partial charge in [0.05, 0.1) is 11.5 Å². The summed E-state index contributed by atoms with van der Waals surface area (Å²) in [4.78, 5) is 12.1. The standard InChI is InChI=1S/C13H26N2O2/c1-9(2)11(8-14)12(16)15-10-5-6-17-13(3,4)7-10/h9-11H,5-8,14H2,1-4H3,(H,15,16). The highest BCUT2D eigenvalue weighted by molar-refractivity contribution is 5.79. The topological polar surface area (TPSA) is 64.4 Å². The largest absolute Gasteiger partial charge is 0.375 e. The van der Waals surface area contributed by atoms with Crippen LogP contribution in [-0.2, 0) is 9.53 Å². The first-order chi connectivity index (χ1) is 7.85. The van der Waals surface area contributed by atoms with Crippen LogP contribution in [0.1, 0.15) is 40.5 Å². The van der Waals surface area contributed by atoms with Crippen LogP contribution >= 0.6 is 0 Å². The Hall–Kier alpha value is -0.610. The number of carbonyl (C=O) groups excluding carboxylic acids is 1. The fraction of sp³-hybridized carbons (Fsp3) is 0.923. The summed E-state index contributed by atoms with van der Waals surface area (Å²) in [7, 11) is 0. The fourth-order valence-corrected chi connectivity index (χ4v) is 2.35. The summed E-state index contributed by atoms with van der Waals surface area (Å²) in [6.07, 6.45) is 1.76. The summed E-state index contributed by atoms with van der Waals surface area (Å²) in [5.41, 5.74) is 5.51. The lowest BCUT2D eigenvalue weighted by Gasteiger charge is -2.36. The van der Waals surface area contributed by atoms with E-state index in [0.29, 0.717) is 13.2 Å². The van der Waals surface area contributed by atoms with Crippen molar-refractivity contribution in [1.29, 1.82) is 0 Å². The maximum Gasteiger partial charge on any atom is 0.224 e. The number of hydrogen-bond acceptors (Lipinski definition) is 3. The zero-order valence-electron chi connectivity index (χ0n) is 11.5. The van der Waals surface area contributed by atoms with Crippen molar-refractivity contribution in [1.82, 2.24) is 5.32 Å². The van der Waals surface area contributed by atoms with Gasteiger partial charge in [0.25, 0.3) is 0 Å². The van der Waals surface area contributed by atoms with Crippen LogP contribution in [0, 0.1) is 11.8 Å². The fourth-order valence-electron chi connectivity index (χ4n) is 2.35. The normalized spacial score (nSPS) is 25.6. The first-order valence-electron chi connectivity index (χ1n) is 6.50. The lowest BCUT2D eigenvalue weighted by molar-refractivity contribution is -0.128. The average molecular weight is 242 g/mol. The Balaban J connectivity index is 2.50. The number of nitrogens with one attached hydrogen (secondary N) is 1. The minimum Gasteiger partial charge on any atom is -0.375 e. The average Bonchev–Trinajstić information content (AvgIpc) is 2.15. The Kier molecular flexibility index (Phi) is 4.95. The first-order valence-corrected chi connectivity index (χ1v) is 6.50. The van der Waals surface area contributed by atoms with Crippen LogP contribution < -0.4 is 11.1 Å². The van der Waals surface area contributed by atoms with Gasteiger partial charge in [-0.3, -0.25) is 4.79 Å². The van der Waals surface area contributed by atoms with Crippen molar-refractivity contribution in [3.8, 4) is 0 Å². The highest BCUT2D eigenvalue weighted by atomic mass is 16.5. The Morgan fingerprint density at radius 1 is 1.53 bits per heavy atom. The number of carbonyl (C=O) groups is 1. The minimum atomic E-state index is -0.133. The molecule has 1 rings (SSSR count). The molecule has 0 radical (unpaired) electrons. The molecule has 0 saturated carbocycles. The van der Waals surface area contributed by atoms with Crippen molar-refractivity contribution in [2.24, 2.45) is 17.6 Å². The SMILES string of the molecule is CC(C)C(CN)C(=O)NC1CCOC(C)(C)C1. The lowest BCUT2D eigenvalue weighted by atomic mass is 9.91. The molecule has 0 aromatic heterocycles. The third kappa shape index (κ3) is 4.28. The van der Waals surface area contributed by atoms with E-state index in [0.717, 1.165) is 12.8 Å². The summed E-state index contributed by atoms with van der Waals surface area (Å²) in [5, 5.41) is 3.11. The van der Waals surface area contributed by atoms with Crippen LogP contribution in [0.25, 0.3) is 0 Å². The smallest absolute Gasteiger partial charge is 0.224 e. The monoisotopic (exact) mass is 242 g/mol. The summed E-state index contributed by atoms with van der Waals surface area (Å²) in [6, 6.07) is 0.221.